The second kappa shape index (κ2) is 6.27. The fourth-order valence-electron chi connectivity index (χ4n) is 4.04. The molecule has 0 spiro atoms. The van der Waals surface area contributed by atoms with E-state index >= 15 is 0 Å². The maximum absolute atomic E-state index is 12.6. The number of ketones is 1. The van der Waals surface area contributed by atoms with Crippen LogP contribution in [0.25, 0.3) is 0 Å². The Labute approximate surface area is 134 Å². The van der Waals surface area contributed by atoms with Crippen LogP contribution in [0.1, 0.15) is 43.2 Å². The van der Waals surface area contributed by atoms with Crippen LogP contribution < -0.4 is 0 Å². The van der Waals surface area contributed by atoms with Crippen molar-refractivity contribution in [1.82, 2.24) is 4.90 Å². The number of fused-ring (bicyclic) bond motifs is 2. The normalized spacial score (nSPS) is 28.6. The number of Topliss-reactive ketones (excluding diaryl/α,β-unsaturated/α-hetero) is 1. The Morgan fingerprint density at radius 2 is 1.70 bits per heavy atom. The molecular formula is C18H22F3NO. The van der Waals surface area contributed by atoms with Crippen LogP contribution in [0.4, 0.5) is 13.2 Å². The molecule has 2 unspecified atom stereocenters. The summed E-state index contributed by atoms with van der Waals surface area (Å²) in [6.45, 7) is 0. The molecule has 2 aliphatic heterocycles. The van der Waals surface area contributed by atoms with Gasteiger partial charge in [-0.2, -0.15) is 13.2 Å². The van der Waals surface area contributed by atoms with Crippen LogP contribution in [0.2, 0.25) is 0 Å². The Bertz CT molecular complexity index is 553. The Balaban J connectivity index is 1.63. The lowest BCUT2D eigenvalue weighted by atomic mass is 9.76. The monoisotopic (exact) mass is 325 g/mol. The molecule has 2 atom stereocenters. The standard InChI is InChI=1S/C18H22F3NO/c1-22-15-3-2-4-16(22)11-13(10-15)17(23)9-12-5-7-14(8-6-12)18(19,20)21/h5-8,13,15-16H,2-4,9-11H2,1H3. The molecule has 1 aromatic carbocycles. The van der Waals surface area contributed by atoms with E-state index < -0.39 is 11.7 Å². The first-order valence-corrected chi connectivity index (χ1v) is 8.25. The Morgan fingerprint density at radius 1 is 1.13 bits per heavy atom. The zero-order valence-corrected chi connectivity index (χ0v) is 13.3. The highest BCUT2D eigenvalue weighted by atomic mass is 19.4. The largest absolute Gasteiger partial charge is 0.416 e. The molecular weight excluding hydrogens is 303 g/mol. The molecule has 0 radical (unpaired) electrons. The van der Waals surface area contributed by atoms with Gasteiger partial charge in [0.05, 0.1) is 5.56 Å². The number of hydrogen-bond acceptors (Lipinski definition) is 2. The average Bonchev–Trinajstić information content (AvgIpc) is 2.46. The minimum absolute atomic E-state index is 0.0591. The van der Waals surface area contributed by atoms with Gasteiger partial charge in [-0.05, 0) is 50.4 Å². The highest BCUT2D eigenvalue weighted by Crippen LogP contribution is 2.36. The molecule has 3 rings (SSSR count). The topological polar surface area (TPSA) is 20.3 Å². The smallest absolute Gasteiger partial charge is 0.300 e. The van der Waals surface area contributed by atoms with Gasteiger partial charge in [0.15, 0.2) is 0 Å². The molecule has 0 aromatic heterocycles. The number of benzene rings is 1. The summed E-state index contributed by atoms with van der Waals surface area (Å²) >= 11 is 0. The zero-order chi connectivity index (χ0) is 16.6. The number of halogens is 3. The third-order valence-electron chi connectivity index (χ3n) is 5.45. The number of carbonyl (C=O) groups is 1. The maximum Gasteiger partial charge on any atom is 0.416 e. The summed E-state index contributed by atoms with van der Waals surface area (Å²) in [5.74, 6) is 0.235. The van der Waals surface area contributed by atoms with E-state index in [1.807, 2.05) is 0 Å². The molecule has 2 nitrogen and oxygen atoms in total. The van der Waals surface area contributed by atoms with Crippen molar-refractivity contribution in [1.29, 1.82) is 0 Å². The third-order valence-corrected chi connectivity index (χ3v) is 5.45. The number of piperidine rings is 2. The Morgan fingerprint density at radius 3 is 2.22 bits per heavy atom. The van der Waals surface area contributed by atoms with E-state index in [0.29, 0.717) is 17.6 Å². The van der Waals surface area contributed by atoms with E-state index in [1.54, 1.807) is 0 Å². The van der Waals surface area contributed by atoms with Crippen molar-refractivity contribution < 1.29 is 18.0 Å². The van der Waals surface area contributed by atoms with Crippen LogP contribution in [0, 0.1) is 5.92 Å². The number of carbonyl (C=O) groups excluding carboxylic acids is 1. The highest BCUT2D eigenvalue weighted by Gasteiger charge is 2.38. The van der Waals surface area contributed by atoms with Gasteiger partial charge in [0.25, 0.3) is 0 Å². The summed E-state index contributed by atoms with van der Waals surface area (Å²) in [7, 11) is 2.14. The number of hydrogen-bond donors (Lipinski definition) is 0. The molecule has 2 fully saturated rings. The summed E-state index contributed by atoms with van der Waals surface area (Å²) in [4.78, 5) is 15.0. The first kappa shape index (κ1) is 16.5. The van der Waals surface area contributed by atoms with Crippen LogP contribution >= 0.6 is 0 Å². The van der Waals surface area contributed by atoms with Gasteiger partial charge in [0.1, 0.15) is 5.78 Å². The minimum Gasteiger partial charge on any atom is -0.300 e. The fourth-order valence-corrected chi connectivity index (χ4v) is 4.04. The summed E-state index contributed by atoms with van der Waals surface area (Å²) in [6.07, 6.45) is 1.24. The fraction of sp³-hybridized carbons (Fsp3) is 0.611. The average molecular weight is 325 g/mol. The lowest BCUT2D eigenvalue weighted by Crippen LogP contribution is -2.51. The van der Waals surface area contributed by atoms with Gasteiger partial charge in [-0.1, -0.05) is 18.6 Å². The van der Waals surface area contributed by atoms with E-state index in [9.17, 15) is 18.0 Å². The van der Waals surface area contributed by atoms with E-state index in [-0.39, 0.29) is 18.1 Å². The first-order valence-electron chi connectivity index (χ1n) is 8.25. The number of rotatable bonds is 3. The molecule has 0 N–H and O–H groups in total. The number of alkyl halides is 3. The molecule has 5 heteroatoms. The Kier molecular flexibility index (Phi) is 4.50. The highest BCUT2D eigenvalue weighted by molar-refractivity contribution is 5.83. The van der Waals surface area contributed by atoms with Crippen LogP contribution in [0.3, 0.4) is 0 Å². The van der Waals surface area contributed by atoms with Gasteiger partial charge >= 0.3 is 6.18 Å². The maximum atomic E-state index is 12.6. The Hall–Kier alpha value is -1.36. The zero-order valence-electron chi connectivity index (χ0n) is 13.3. The summed E-state index contributed by atoms with van der Waals surface area (Å²) in [5, 5.41) is 0. The van der Waals surface area contributed by atoms with Crippen molar-refractivity contribution in [2.24, 2.45) is 5.92 Å². The number of nitrogens with zero attached hydrogens (tertiary/aromatic N) is 1. The quantitative estimate of drug-likeness (QED) is 0.834. The molecule has 1 aromatic rings. The first-order chi connectivity index (χ1) is 10.8. The van der Waals surface area contributed by atoms with Gasteiger partial charge in [0.2, 0.25) is 0 Å². The SMILES string of the molecule is CN1C2CCCC1CC(C(=O)Cc1ccc(C(F)(F)F)cc1)C2. The van der Waals surface area contributed by atoms with Crippen molar-refractivity contribution in [2.75, 3.05) is 7.05 Å². The van der Waals surface area contributed by atoms with E-state index in [4.69, 9.17) is 0 Å². The summed E-state index contributed by atoms with van der Waals surface area (Å²) < 4.78 is 37.7. The van der Waals surface area contributed by atoms with Gasteiger partial charge in [-0.15, -0.1) is 0 Å². The lowest BCUT2D eigenvalue weighted by molar-refractivity contribution is -0.137. The van der Waals surface area contributed by atoms with Crippen molar-refractivity contribution in [3.8, 4) is 0 Å². The second-order valence-corrected chi connectivity index (χ2v) is 6.91. The van der Waals surface area contributed by atoms with Crippen molar-refractivity contribution in [3.63, 3.8) is 0 Å². The predicted octanol–water partition coefficient (Wildman–Crippen LogP) is 4.08. The van der Waals surface area contributed by atoms with E-state index in [1.165, 1.54) is 18.6 Å². The lowest BCUT2D eigenvalue weighted by Gasteiger charge is -2.46. The van der Waals surface area contributed by atoms with Crippen molar-refractivity contribution in [2.45, 2.75) is 56.8 Å². The van der Waals surface area contributed by atoms with Crippen LogP contribution in [-0.4, -0.2) is 29.8 Å². The van der Waals surface area contributed by atoms with Crippen molar-refractivity contribution >= 4 is 5.78 Å². The molecule has 126 valence electrons. The van der Waals surface area contributed by atoms with Crippen LogP contribution in [-0.2, 0) is 17.4 Å². The molecule has 2 heterocycles. The van der Waals surface area contributed by atoms with Gasteiger partial charge < -0.3 is 4.90 Å². The molecule has 2 saturated heterocycles. The van der Waals surface area contributed by atoms with Crippen LogP contribution in [0.5, 0.6) is 0 Å². The molecule has 0 aliphatic carbocycles. The van der Waals surface area contributed by atoms with Crippen molar-refractivity contribution in [3.05, 3.63) is 35.4 Å². The van der Waals surface area contributed by atoms with Gasteiger partial charge in [0, 0.05) is 24.4 Å². The van der Waals surface area contributed by atoms with E-state index in [2.05, 4.69) is 11.9 Å². The predicted molar refractivity (Wildman–Crippen MR) is 82.1 cm³/mol. The molecule has 2 aliphatic rings. The molecule has 2 bridgehead atoms. The summed E-state index contributed by atoms with van der Waals surface area (Å²) in [5.41, 5.74) is 0.00890. The molecule has 23 heavy (non-hydrogen) atoms. The summed E-state index contributed by atoms with van der Waals surface area (Å²) in [6, 6.07) is 5.96. The molecule has 0 amide bonds. The third kappa shape index (κ3) is 3.60. The van der Waals surface area contributed by atoms with Gasteiger partial charge in [-0.3, -0.25) is 4.79 Å². The second-order valence-electron chi connectivity index (χ2n) is 6.91. The van der Waals surface area contributed by atoms with Gasteiger partial charge in [-0.25, -0.2) is 0 Å². The minimum atomic E-state index is -4.33. The van der Waals surface area contributed by atoms with Crippen LogP contribution in [0.15, 0.2) is 24.3 Å². The van der Waals surface area contributed by atoms with E-state index in [0.717, 1.165) is 37.8 Å². The molecule has 0 saturated carbocycles.